The van der Waals surface area contributed by atoms with E-state index in [0.29, 0.717) is 0 Å². The molecule has 0 fully saturated rings. The van der Waals surface area contributed by atoms with Gasteiger partial charge in [0.25, 0.3) is 0 Å². The zero-order valence-electron chi connectivity index (χ0n) is 29.7. The third-order valence-corrected chi connectivity index (χ3v) is 12.0. The molecule has 6 aromatic rings. The molecule has 0 unspecified atom stereocenters. The summed E-state index contributed by atoms with van der Waals surface area (Å²) in [6.45, 7) is 16.7. The molecule has 3 aliphatic rings. The van der Waals surface area contributed by atoms with Crippen LogP contribution in [0.5, 0.6) is 0 Å². The minimum atomic E-state index is -0.184. The summed E-state index contributed by atoms with van der Waals surface area (Å²) < 4.78 is 0. The Kier molecular flexibility index (Phi) is 6.26. The summed E-state index contributed by atoms with van der Waals surface area (Å²) in [5.41, 5.74) is 19.4. The molecule has 2 aliphatic heterocycles. The average Bonchev–Trinajstić information content (AvgIpc) is 3.33. The molecule has 242 valence electrons. The summed E-state index contributed by atoms with van der Waals surface area (Å²) in [6.07, 6.45) is 1.01. The van der Waals surface area contributed by atoms with Gasteiger partial charge in [-0.05, 0) is 117 Å². The molecule has 49 heavy (non-hydrogen) atoms. The van der Waals surface area contributed by atoms with Crippen LogP contribution in [-0.4, -0.2) is 0 Å². The van der Waals surface area contributed by atoms with Crippen LogP contribution in [0.4, 0.5) is 34.1 Å². The highest BCUT2D eigenvalue weighted by Crippen LogP contribution is 2.60. The summed E-state index contributed by atoms with van der Waals surface area (Å²) >= 11 is 0. The van der Waals surface area contributed by atoms with Crippen LogP contribution in [0.15, 0.2) is 127 Å². The van der Waals surface area contributed by atoms with E-state index in [-0.39, 0.29) is 16.2 Å². The highest BCUT2D eigenvalue weighted by molar-refractivity contribution is 5.95. The van der Waals surface area contributed by atoms with Gasteiger partial charge in [-0.25, -0.2) is 0 Å². The van der Waals surface area contributed by atoms with Crippen LogP contribution >= 0.6 is 0 Å². The molecule has 0 spiro atoms. The smallest absolute Gasteiger partial charge is 0.0506 e. The Balaban J connectivity index is 1.31. The standard InChI is InChI=1S/C47H44N2/c1-8-30-17-16-20-32(25-30)49-42-24-15-13-22-36(42)46(4,5)40-27-34-33-26-39-43(28-37(33)47(6,7)38(34)29-44(40)49)48(31-18-10-9-11-19-31)41-23-14-12-21-35(41)45(39,2)3/h9-29H,8H2,1-7H3. The molecular formula is C47H44N2. The first-order valence-electron chi connectivity index (χ1n) is 17.8. The van der Waals surface area contributed by atoms with E-state index >= 15 is 0 Å². The first-order valence-corrected chi connectivity index (χ1v) is 17.8. The third kappa shape index (κ3) is 4.07. The number of benzene rings is 6. The number of rotatable bonds is 3. The van der Waals surface area contributed by atoms with Crippen molar-refractivity contribution in [2.24, 2.45) is 0 Å². The number of hydrogen-bond acceptors (Lipinski definition) is 2. The topological polar surface area (TPSA) is 6.48 Å². The monoisotopic (exact) mass is 636 g/mol. The molecule has 0 N–H and O–H groups in total. The Morgan fingerprint density at radius 2 is 0.837 bits per heavy atom. The minimum absolute atomic E-state index is 0.160. The molecule has 2 nitrogen and oxygen atoms in total. The largest absolute Gasteiger partial charge is 0.310 e. The highest BCUT2D eigenvalue weighted by Gasteiger charge is 2.45. The Morgan fingerprint density at radius 1 is 0.388 bits per heavy atom. The number of aryl methyl sites for hydroxylation is 1. The number of nitrogens with zero attached hydrogens (tertiary/aromatic N) is 2. The van der Waals surface area contributed by atoms with Gasteiger partial charge in [0.15, 0.2) is 0 Å². The zero-order valence-corrected chi connectivity index (χ0v) is 29.7. The van der Waals surface area contributed by atoms with Crippen LogP contribution in [-0.2, 0) is 22.7 Å². The molecule has 6 aromatic carbocycles. The van der Waals surface area contributed by atoms with Gasteiger partial charge in [0, 0.05) is 27.6 Å². The van der Waals surface area contributed by atoms with Crippen molar-refractivity contribution in [3.05, 3.63) is 166 Å². The van der Waals surface area contributed by atoms with E-state index in [1.165, 1.54) is 84.2 Å². The fraction of sp³-hybridized carbons (Fsp3) is 0.234. The summed E-state index contributed by atoms with van der Waals surface area (Å²) in [5, 5.41) is 0. The lowest BCUT2D eigenvalue weighted by Gasteiger charge is -2.43. The number of anilines is 6. The van der Waals surface area contributed by atoms with Gasteiger partial charge in [-0.1, -0.05) is 115 Å². The SMILES string of the molecule is CCc1cccc(N2c3ccccc3C(C)(C)c3cc4c(cc32)C(C)(C)c2cc3c(cc2-4)C(C)(C)c2ccccc2N3c2ccccc2)c1. The molecule has 0 atom stereocenters. The first kappa shape index (κ1) is 30.0. The second kappa shape index (κ2) is 10.2. The zero-order chi connectivity index (χ0) is 33.9. The van der Waals surface area contributed by atoms with E-state index in [2.05, 4.69) is 186 Å². The van der Waals surface area contributed by atoms with E-state index in [0.717, 1.165) is 6.42 Å². The first-order chi connectivity index (χ1) is 23.5. The van der Waals surface area contributed by atoms with Gasteiger partial charge >= 0.3 is 0 Å². The van der Waals surface area contributed by atoms with E-state index < -0.39 is 0 Å². The predicted octanol–water partition coefficient (Wildman–Crippen LogP) is 12.8. The van der Waals surface area contributed by atoms with Gasteiger partial charge in [-0.3, -0.25) is 0 Å². The Hall–Kier alpha value is -5.08. The summed E-state index contributed by atoms with van der Waals surface area (Å²) in [5.74, 6) is 0. The minimum Gasteiger partial charge on any atom is -0.310 e. The normalized spacial score (nSPS) is 17.0. The van der Waals surface area contributed by atoms with Crippen LogP contribution in [0.3, 0.4) is 0 Å². The van der Waals surface area contributed by atoms with Crippen LogP contribution in [0.2, 0.25) is 0 Å². The van der Waals surface area contributed by atoms with Crippen LogP contribution in [0.25, 0.3) is 11.1 Å². The van der Waals surface area contributed by atoms with Gasteiger partial charge in [-0.2, -0.15) is 0 Å². The quantitative estimate of drug-likeness (QED) is 0.191. The molecule has 9 rings (SSSR count). The molecule has 0 amide bonds. The molecule has 2 heterocycles. The summed E-state index contributed by atoms with van der Waals surface area (Å²) in [4.78, 5) is 5.01. The molecular weight excluding hydrogens is 593 g/mol. The van der Waals surface area contributed by atoms with Crippen LogP contribution in [0, 0.1) is 0 Å². The van der Waals surface area contributed by atoms with Crippen molar-refractivity contribution in [3.63, 3.8) is 0 Å². The third-order valence-electron chi connectivity index (χ3n) is 12.0. The van der Waals surface area contributed by atoms with E-state index in [9.17, 15) is 0 Å². The van der Waals surface area contributed by atoms with Gasteiger partial charge in [-0.15, -0.1) is 0 Å². The Bertz CT molecular complexity index is 2310. The lowest BCUT2D eigenvalue weighted by atomic mass is 9.71. The summed E-state index contributed by atoms with van der Waals surface area (Å²) in [6, 6.07) is 48.1. The van der Waals surface area contributed by atoms with E-state index in [1.54, 1.807) is 0 Å². The predicted molar refractivity (Wildman–Crippen MR) is 207 cm³/mol. The fourth-order valence-electron chi connectivity index (χ4n) is 9.17. The van der Waals surface area contributed by atoms with Crippen molar-refractivity contribution in [2.75, 3.05) is 9.80 Å². The van der Waals surface area contributed by atoms with Gasteiger partial charge in [0.1, 0.15) is 0 Å². The number of hydrogen-bond donors (Lipinski definition) is 0. The highest BCUT2D eigenvalue weighted by atomic mass is 15.2. The lowest BCUT2D eigenvalue weighted by Crippen LogP contribution is -2.31. The van der Waals surface area contributed by atoms with Gasteiger partial charge in [0.05, 0.1) is 22.7 Å². The molecule has 1 aliphatic carbocycles. The van der Waals surface area contributed by atoms with Gasteiger partial charge < -0.3 is 9.80 Å². The van der Waals surface area contributed by atoms with Gasteiger partial charge in [0.2, 0.25) is 0 Å². The molecule has 0 bridgehead atoms. The van der Waals surface area contributed by atoms with Crippen molar-refractivity contribution < 1.29 is 0 Å². The molecule has 0 saturated heterocycles. The maximum atomic E-state index is 2.55. The maximum Gasteiger partial charge on any atom is 0.0506 e. The van der Waals surface area contributed by atoms with Crippen LogP contribution in [0.1, 0.15) is 87.4 Å². The number of fused-ring (bicyclic) bond motifs is 7. The lowest BCUT2D eigenvalue weighted by molar-refractivity contribution is 0.624. The second-order valence-electron chi connectivity index (χ2n) is 15.8. The molecule has 2 heteroatoms. The van der Waals surface area contributed by atoms with Crippen molar-refractivity contribution in [1.29, 1.82) is 0 Å². The molecule has 0 saturated carbocycles. The average molecular weight is 637 g/mol. The Labute approximate surface area is 291 Å². The number of para-hydroxylation sites is 3. The van der Waals surface area contributed by atoms with E-state index in [4.69, 9.17) is 0 Å². The molecule has 0 aromatic heterocycles. The van der Waals surface area contributed by atoms with Crippen molar-refractivity contribution in [1.82, 2.24) is 0 Å². The van der Waals surface area contributed by atoms with E-state index in [1.807, 2.05) is 0 Å². The van der Waals surface area contributed by atoms with Crippen molar-refractivity contribution >= 4 is 34.1 Å². The fourth-order valence-corrected chi connectivity index (χ4v) is 9.17. The second-order valence-corrected chi connectivity index (χ2v) is 15.8. The molecule has 0 radical (unpaired) electrons. The summed E-state index contributed by atoms with van der Waals surface area (Å²) in [7, 11) is 0. The van der Waals surface area contributed by atoms with Crippen LogP contribution < -0.4 is 9.80 Å². The maximum absolute atomic E-state index is 2.55. The van der Waals surface area contributed by atoms with Crippen molar-refractivity contribution in [2.45, 2.75) is 71.1 Å². The van der Waals surface area contributed by atoms with Crippen molar-refractivity contribution in [3.8, 4) is 11.1 Å². The Morgan fingerprint density at radius 3 is 1.37 bits per heavy atom.